The third kappa shape index (κ3) is 15.1. The molecule has 0 unspecified atom stereocenters. The molecule has 0 aliphatic rings. The molecule has 0 saturated carbocycles. The van der Waals surface area contributed by atoms with Crippen LogP contribution < -0.4 is 5.32 Å². The van der Waals surface area contributed by atoms with Crippen molar-refractivity contribution in [3.05, 3.63) is 12.2 Å². The predicted molar refractivity (Wildman–Crippen MR) is 86.3 cm³/mol. The summed E-state index contributed by atoms with van der Waals surface area (Å²) in [6.45, 7) is 10.3. The van der Waals surface area contributed by atoms with E-state index in [1.807, 2.05) is 6.92 Å². The Kier molecular flexibility index (Phi) is 14.2. The van der Waals surface area contributed by atoms with Gasteiger partial charge in [-0.2, -0.15) is 0 Å². The first-order chi connectivity index (χ1) is 11.1. The SMILES string of the molecule is C=C(C)C(=O)OCCCNC(=O)OCCOCCCCOCC. The van der Waals surface area contributed by atoms with Gasteiger partial charge in [-0.15, -0.1) is 0 Å². The first-order valence-electron chi connectivity index (χ1n) is 7.96. The Morgan fingerprint density at radius 1 is 0.913 bits per heavy atom. The Balaban J connectivity index is 3.28. The number of rotatable bonds is 14. The number of hydrogen-bond donors (Lipinski definition) is 1. The van der Waals surface area contributed by atoms with Gasteiger partial charge in [0.1, 0.15) is 6.61 Å². The Morgan fingerprint density at radius 2 is 1.61 bits per heavy atom. The van der Waals surface area contributed by atoms with Gasteiger partial charge in [-0.1, -0.05) is 6.58 Å². The number of alkyl carbamates (subject to hydrolysis) is 1. The number of esters is 1. The van der Waals surface area contributed by atoms with Gasteiger partial charge in [0.25, 0.3) is 0 Å². The Hall–Kier alpha value is -1.60. The summed E-state index contributed by atoms with van der Waals surface area (Å²) in [5.74, 6) is -0.425. The van der Waals surface area contributed by atoms with Crippen LogP contribution in [0.25, 0.3) is 0 Å². The van der Waals surface area contributed by atoms with E-state index in [9.17, 15) is 9.59 Å². The minimum Gasteiger partial charge on any atom is -0.462 e. The van der Waals surface area contributed by atoms with E-state index >= 15 is 0 Å². The highest BCUT2D eigenvalue weighted by atomic mass is 16.6. The number of carbonyl (C=O) groups is 2. The maximum Gasteiger partial charge on any atom is 0.407 e. The van der Waals surface area contributed by atoms with Crippen molar-refractivity contribution < 1.29 is 28.5 Å². The monoisotopic (exact) mass is 331 g/mol. The highest BCUT2D eigenvalue weighted by Gasteiger charge is 2.03. The van der Waals surface area contributed by atoms with Crippen LogP contribution >= 0.6 is 0 Å². The molecule has 0 aromatic heterocycles. The molecule has 0 bridgehead atoms. The normalized spacial score (nSPS) is 10.2. The molecule has 7 nitrogen and oxygen atoms in total. The van der Waals surface area contributed by atoms with Gasteiger partial charge in [0.2, 0.25) is 0 Å². The highest BCUT2D eigenvalue weighted by Crippen LogP contribution is 1.93. The highest BCUT2D eigenvalue weighted by molar-refractivity contribution is 5.86. The molecule has 0 spiro atoms. The van der Waals surface area contributed by atoms with Gasteiger partial charge in [-0.25, -0.2) is 9.59 Å². The number of nitrogens with one attached hydrogen (secondary N) is 1. The molecule has 0 aliphatic carbocycles. The standard InChI is InChI=1S/C16H29NO6/c1-4-20-9-5-6-10-21-12-13-23-16(19)17-8-7-11-22-15(18)14(2)3/h2,4-13H2,1,3H3,(H,17,19). The largest absolute Gasteiger partial charge is 0.462 e. The molecule has 0 rings (SSSR count). The van der Waals surface area contributed by atoms with Gasteiger partial charge < -0.3 is 24.3 Å². The summed E-state index contributed by atoms with van der Waals surface area (Å²) < 4.78 is 20.4. The zero-order valence-electron chi connectivity index (χ0n) is 14.2. The van der Waals surface area contributed by atoms with Crippen LogP contribution in [-0.4, -0.2) is 58.2 Å². The van der Waals surface area contributed by atoms with E-state index in [1.165, 1.54) is 0 Å². The van der Waals surface area contributed by atoms with E-state index in [4.69, 9.17) is 18.9 Å². The lowest BCUT2D eigenvalue weighted by Gasteiger charge is -2.08. The van der Waals surface area contributed by atoms with E-state index in [2.05, 4.69) is 11.9 Å². The third-order valence-electron chi connectivity index (χ3n) is 2.66. The third-order valence-corrected chi connectivity index (χ3v) is 2.66. The van der Waals surface area contributed by atoms with Crippen molar-refractivity contribution in [1.29, 1.82) is 0 Å². The molecule has 1 amide bonds. The minimum absolute atomic E-state index is 0.210. The van der Waals surface area contributed by atoms with Crippen LogP contribution in [0.2, 0.25) is 0 Å². The van der Waals surface area contributed by atoms with Gasteiger partial charge >= 0.3 is 12.1 Å². The van der Waals surface area contributed by atoms with Crippen LogP contribution in [-0.2, 0) is 23.7 Å². The summed E-state index contributed by atoms with van der Waals surface area (Å²) in [6, 6.07) is 0. The number of hydrogen-bond acceptors (Lipinski definition) is 6. The van der Waals surface area contributed by atoms with Crippen molar-refractivity contribution in [2.24, 2.45) is 0 Å². The van der Waals surface area contributed by atoms with E-state index in [-0.39, 0.29) is 13.2 Å². The molecule has 0 saturated heterocycles. The second-order valence-electron chi connectivity index (χ2n) is 4.85. The Labute approximate surface area is 138 Å². The second kappa shape index (κ2) is 15.3. The maximum atomic E-state index is 11.3. The fraction of sp³-hybridized carbons (Fsp3) is 0.750. The van der Waals surface area contributed by atoms with Gasteiger partial charge in [-0.05, 0) is 33.1 Å². The van der Waals surface area contributed by atoms with Crippen molar-refractivity contribution in [3.8, 4) is 0 Å². The second-order valence-corrected chi connectivity index (χ2v) is 4.85. The summed E-state index contributed by atoms with van der Waals surface area (Å²) in [5.41, 5.74) is 0.357. The summed E-state index contributed by atoms with van der Waals surface area (Å²) in [6.07, 6.45) is 1.90. The van der Waals surface area contributed by atoms with Crippen molar-refractivity contribution >= 4 is 12.1 Å². The summed E-state index contributed by atoms with van der Waals surface area (Å²) in [7, 11) is 0. The first kappa shape index (κ1) is 21.4. The topological polar surface area (TPSA) is 83.1 Å². The molecular weight excluding hydrogens is 302 g/mol. The maximum absolute atomic E-state index is 11.3. The van der Waals surface area contributed by atoms with E-state index in [0.29, 0.717) is 31.8 Å². The van der Waals surface area contributed by atoms with Crippen LogP contribution in [0.1, 0.15) is 33.1 Å². The van der Waals surface area contributed by atoms with E-state index in [0.717, 1.165) is 26.1 Å². The zero-order chi connectivity index (χ0) is 17.3. The summed E-state index contributed by atoms with van der Waals surface area (Å²) >= 11 is 0. The smallest absolute Gasteiger partial charge is 0.407 e. The van der Waals surface area contributed by atoms with E-state index in [1.54, 1.807) is 6.92 Å². The fourth-order valence-corrected chi connectivity index (χ4v) is 1.45. The predicted octanol–water partition coefficient (Wildman–Crippen LogP) is 2.06. The van der Waals surface area contributed by atoms with Crippen molar-refractivity contribution in [2.75, 3.05) is 46.2 Å². The molecule has 0 fully saturated rings. The van der Waals surface area contributed by atoms with Crippen molar-refractivity contribution in [1.82, 2.24) is 5.32 Å². The number of ether oxygens (including phenoxy) is 4. The lowest BCUT2D eigenvalue weighted by atomic mass is 10.3. The van der Waals surface area contributed by atoms with E-state index < -0.39 is 12.1 Å². The zero-order valence-corrected chi connectivity index (χ0v) is 14.2. The molecule has 0 aliphatic heterocycles. The fourth-order valence-electron chi connectivity index (χ4n) is 1.45. The van der Waals surface area contributed by atoms with Crippen molar-refractivity contribution in [3.63, 3.8) is 0 Å². The Morgan fingerprint density at radius 3 is 2.26 bits per heavy atom. The number of unbranched alkanes of at least 4 members (excludes halogenated alkanes) is 1. The molecule has 134 valence electrons. The quantitative estimate of drug-likeness (QED) is 0.298. The average Bonchev–Trinajstić information content (AvgIpc) is 2.52. The van der Waals surface area contributed by atoms with Gasteiger partial charge in [0.15, 0.2) is 0 Å². The summed E-state index contributed by atoms with van der Waals surface area (Å²) in [5, 5.41) is 2.56. The van der Waals surface area contributed by atoms with Crippen LogP contribution in [0.5, 0.6) is 0 Å². The molecular formula is C16H29NO6. The first-order valence-corrected chi connectivity index (χ1v) is 7.96. The summed E-state index contributed by atoms with van der Waals surface area (Å²) in [4.78, 5) is 22.4. The number of carbonyl (C=O) groups excluding carboxylic acids is 2. The molecule has 0 heterocycles. The molecule has 7 heteroatoms. The van der Waals surface area contributed by atoms with Gasteiger partial charge in [0.05, 0.1) is 13.2 Å². The minimum atomic E-state index is -0.504. The molecule has 1 N–H and O–H groups in total. The van der Waals surface area contributed by atoms with Gasteiger partial charge in [-0.3, -0.25) is 0 Å². The Bertz CT molecular complexity index is 345. The molecule has 0 aromatic rings. The average molecular weight is 331 g/mol. The molecule has 0 aromatic carbocycles. The van der Waals surface area contributed by atoms with Crippen LogP contribution in [0.15, 0.2) is 12.2 Å². The lowest BCUT2D eigenvalue weighted by molar-refractivity contribution is -0.138. The number of amides is 1. The van der Waals surface area contributed by atoms with Crippen LogP contribution in [0.4, 0.5) is 4.79 Å². The lowest BCUT2D eigenvalue weighted by Crippen LogP contribution is -2.27. The van der Waals surface area contributed by atoms with Crippen molar-refractivity contribution in [2.45, 2.75) is 33.1 Å². The van der Waals surface area contributed by atoms with Crippen LogP contribution in [0.3, 0.4) is 0 Å². The van der Waals surface area contributed by atoms with Crippen LogP contribution in [0, 0.1) is 0 Å². The molecule has 0 atom stereocenters. The molecule has 0 radical (unpaired) electrons. The molecule has 23 heavy (non-hydrogen) atoms. The van der Waals surface area contributed by atoms with Gasteiger partial charge in [0, 0.05) is 31.9 Å².